The molecule has 6 nitrogen and oxygen atoms in total. The second-order valence-electron chi connectivity index (χ2n) is 5.88. The van der Waals surface area contributed by atoms with E-state index < -0.39 is 0 Å². The van der Waals surface area contributed by atoms with E-state index in [9.17, 15) is 9.18 Å². The van der Waals surface area contributed by atoms with E-state index >= 15 is 0 Å². The number of aryl methyl sites for hydroxylation is 1. The molecule has 134 valence electrons. The third-order valence-corrected chi connectivity index (χ3v) is 4.01. The summed E-state index contributed by atoms with van der Waals surface area (Å²) >= 11 is 0. The summed E-state index contributed by atoms with van der Waals surface area (Å²) in [4.78, 5) is 12.1. The van der Waals surface area contributed by atoms with E-state index in [0.29, 0.717) is 12.2 Å². The Bertz CT molecular complexity index is 924. The topological polar surface area (TPSA) is 64.7 Å². The molecule has 0 unspecified atom stereocenters. The van der Waals surface area contributed by atoms with Crippen LogP contribution in [-0.4, -0.2) is 25.5 Å². The van der Waals surface area contributed by atoms with Gasteiger partial charge in [-0.1, -0.05) is 12.1 Å². The fourth-order valence-corrected chi connectivity index (χ4v) is 2.58. The Morgan fingerprint density at radius 2 is 2.00 bits per heavy atom. The Hall–Kier alpha value is -3.22. The highest BCUT2D eigenvalue weighted by Gasteiger charge is 2.05. The summed E-state index contributed by atoms with van der Waals surface area (Å²) in [5.74, 6) is -0.511. The van der Waals surface area contributed by atoms with Crippen LogP contribution in [0.5, 0.6) is 0 Å². The van der Waals surface area contributed by atoms with Crippen molar-refractivity contribution in [3.8, 4) is 0 Å². The standard InChI is InChI=1S/C19H20FN5O/c1-3-25-14(2)16(10-22-25)6-9-19(26)23-18-11-21-24(13-18)12-15-4-7-17(20)8-5-15/h4-11,13H,3,12H2,1-2H3,(H,23,26)/b9-6+. The highest BCUT2D eigenvalue weighted by molar-refractivity contribution is 6.01. The minimum absolute atomic E-state index is 0.241. The zero-order valence-electron chi connectivity index (χ0n) is 14.7. The molecule has 0 aliphatic carbocycles. The van der Waals surface area contributed by atoms with Crippen molar-refractivity contribution in [1.82, 2.24) is 19.6 Å². The molecule has 3 aromatic rings. The Labute approximate surface area is 151 Å². The van der Waals surface area contributed by atoms with E-state index in [1.807, 2.05) is 18.5 Å². The number of nitrogens with one attached hydrogen (secondary N) is 1. The average Bonchev–Trinajstić information content (AvgIpc) is 3.21. The highest BCUT2D eigenvalue weighted by Crippen LogP contribution is 2.11. The largest absolute Gasteiger partial charge is 0.320 e. The molecule has 0 saturated heterocycles. The maximum Gasteiger partial charge on any atom is 0.248 e. The van der Waals surface area contributed by atoms with Gasteiger partial charge in [-0.05, 0) is 37.6 Å². The summed E-state index contributed by atoms with van der Waals surface area (Å²) < 4.78 is 16.5. The van der Waals surface area contributed by atoms with Gasteiger partial charge in [-0.2, -0.15) is 10.2 Å². The Morgan fingerprint density at radius 3 is 2.69 bits per heavy atom. The number of halogens is 1. The first-order valence-electron chi connectivity index (χ1n) is 8.33. The van der Waals surface area contributed by atoms with Crippen molar-refractivity contribution in [1.29, 1.82) is 0 Å². The van der Waals surface area contributed by atoms with E-state index in [4.69, 9.17) is 0 Å². The second-order valence-corrected chi connectivity index (χ2v) is 5.88. The monoisotopic (exact) mass is 353 g/mol. The number of hydrogen-bond acceptors (Lipinski definition) is 3. The van der Waals surface area contributed by atoms with Gasteiger partial charge >= 0.3 is 0 Å². The third-order valence-electron chi connectivity index (χ3n) is 4.01. The van der Waals surface area contributed by atoms with Gasteiger partial charge in [0.1, 0.15) is 5.82 Å². The van der Waals surface area contributed by atoms with Crippen molar-refractivity contribution in [2.75, 3.05) is 5.32 Å². The van der Waals surface area contributed by atoms with Crippen molar-refractivity contribution in [2.45, 2.75) is 26.9 Å². The number of aromatic nitrogens is 4. The quantitative estimate of drug-likeness (QED) is 0.692. The second kappa shape index (κ2) is 7.77. The first kappa shape index (κ1) is 17.6. The van der Waals surface area contributed by atoms with Crippen molar-refractivity contribution in [2.24, 2.45) is 0 Å². The fourth-order valence-electron chi connectivity index (χ4n) is 2.58. The number of carbonyl (C=O) groups is 1. The van der Waals surface area contributed by atoms with Crippen LogP contribution in [0.1, 0.15) is 23.7 Å². The summed E-state index contributed by atoms with van der Waals surface area (Å²) in [6, 6.07) is 6.23. The van der Waals surface area contributed by atoms with Crippen LogP contribution in [0, 0.1) is 12.7 Å². The van der Waals surface area contributed by atoms with Gasteiger partial charge in [0.05, 0.1) is 24.6 Å². The van der Waals surface area contributed by atoms with Crippen LogP contribution in [0.3, 0.4) is 0 Å². The number of anilines is 1. The SMILES string of the molecule is CCn1ncc(/C=C/C(=O)Nc2cnn(Cc3ccc(F)cc3)c2)c1C. The van der Waals surface area contributed by atoms with Crippen molar-refractivity contribution < 1.29 is 9.18 Å². The molecular formula is C19H20FN5O. The zero-order chi connectivity index (χ0) is 18.5. The van der Waals surface area contributed by atoms with E-state index in [-0.39, 0.29) is 11.7 Å². The van der Waals surface area contributed by atoms with E-state index in [0.717, 1.165) is 23.4 Å². The minimum atomic E-state index is -0.270. The van der Waals surface area contributed by atoms with Gasteiger partial charge in [0.25, 0.3) is 0 Å². The lowest BCUT2D eigenvalue weighted by Gasteiger charge is -2.01. The average molecular weight is 353 g/mol. The van der Waals surface area contributed by atoms with Crippen molar-refractivity contribution >= 4 is 17.7 Å². The fraction of sp³-hybridized carbons (Fsp3) is 0.211. The molecule has 1 amide bonds. The summed E-state index contributed by atoms with van der Waals surface area (Å²) in [5.41, 5.74) is 3.45. The summed E-state index contributed by atoms with van der Waals surface area (Å²) in [7, 11) is 0. The maximum atomic E-state index is 12.9. The molecule has 7 heteroatoms. The molecule has 0 atom stereocenters. The van der Waals surface area contributed by atoms with E-state index in [1.165, 1.54) is 18.2 Å². The van der Waals surface area contributed by atoms with Crippen LogP contribution in [0.4, 0.5) is 10.1 Å². The molecule has 2 heterocycles. The summed E-state index contributed by atoms with van der Waals surface area (Å²) in [6.07, 6.45) is 8.27. The smallest absolute Gasteiger partial charge is 0.248 e. The van der Waals surface area contributed by atoms with Gasteiger partial charge in [0.2, 0.25) is 5.91 Å². The predicted molar refractivity (Wildman–Crippen MR) is 98.0 cm³/mol. The van der Waals surface area contributed by atoms with Crippen molar-refractivity contribution in [3.05, 3.63) is 71.6 Å². The Balaban J connectivity index is 1.59. The molecule has 1 aromatic carbocycles. The van der Waals surface area contributed by atoms with Crippen LogP contribution in [0.15, 0.2) is 48.9 Å². The number of rotatable bonds is 6. The third kappa shape index (κ3) is 4.24. The van der Waals surface area contributed by atoms with E-state index in [2.05, 4.69) is 15.5 Å². The lowest BCUT2D eigenvalue weighted by molar-refractivity contribution is -0.111. The molecule has 0 bridgehead atoms. The molecular weight excluding hydrogens is 333 g/mol. The maximum absolute atomic E-state index is 12.9. The van der Waals surface area contributed by atoms with Gasteiger partial charge < -0.3 is 5.32 Å². The highest BCUT2D eigenvalue weighted by atomic mass is 19.1. The van der Waals surface area contributed by atoms with Gasteiger partial charge in [-0.25, -0.2) is 4.39 Å². The summed E-state index contributed by atoms with van der Waals surface area (Å²) in [5, 5.41) is 11.2. The number of nitrogens with zero attached hydrogens (tertiary/aromatic N) is 4. The molecule has 0 radical (unpaired) electrons. The van der Waals surface area contributed by atoms with Crippen LogP contribution in [0.2, 0.25) is 0 Å². The van der Waals surface area contributed by atoms with E-state index in [1.54, 1.807) is 41.5 Å². The van der Waals surface area contributed by atoms with Gasteiger partial charge in [-0.15, -0.1) is 0 Å². The lowest BCUT2D eigenvalue weighted by Crippen LogP contribution is -2.07. The molecule has 0 saturated carbocycles. The Morgan fingerprint density at radius 1 is 1.23 bits per heavy atom. The summed E-state index contributed by atoms with van der Waals surface area (Å²) in [6.45, 7) is 5.28. The number of carbonyl (C=O) groups excluding carboxylic acids is 1. The van der Waals surface area contributed by atoms with Gasteiger partial charge in [0.15, 0.2) is 0 Å². The van der Waals surface area contributed by atoms with Crippen molar-refractivity contribution in [3.63, 3.8) is 0 Å². The Kier molecular flexibility index (Phi) is 5.26. The number of hydrogen-bond donors (Lipinski definition) is 1. The molecule has 0 fully saturated rings. The number of benzene rings is 1. The first-order chi connectivity index (χ1) is 12.5. The van der Waals surface area contributed by atoms with Crippen LogP contribution >= 0.6 is 0 Å². The van der Waals surface area contributed by atoms with Gasteiger partial charge in [0, 0.05) is 30.1 Å². The number of amides is 1. The van der Waals surface area contributed by atoms with Crippen LogP contribution in [-0.2, 0) is 17.9 Å². The molecule has 0 aliphatic heterocycles. The minimum Gasteiger partial charge on any atom is -0.320 e. The molecule has 2 aromatic heterocycles. The predicted octanol–water partition coefficient (Wildman–Crippen LogP) is 3.25. The molecule has 0 spiro atoms. The molecule has 3 rings (SSSR count). The normalized spacial score (nSPS) is 11.2. The molecule has 26 heavy (non-hydrogen) atoms. The first-order valence-corrected chi connectivity index (χ1v) is 8.33. The van der Waals surface area contributed by atoms with Crippen LogP contribution < -0.4 is 5.32 Å². The lowest BCUT2D eigenvalue weighted by atomic mass is 10.2. The van der Waals surface area contributed by atoms with Crippen LogP contribution in [0.25, 0.3) is 6.08 Å². The zero-order valence-corrected chi connectivity index (χ0v) is 14.7. The molecule has 0 aliphatic rings. The molecule has 1 N–H and O–H groups in total. The van der Waals surface area contributed by atoms with Gasteiger partial charge in [-0.3, -0.25) is 14.2 Å².